The number of carbonyl (C=O) groups is 1. The lowest BCUT2D eigenvalue weighted by Crippen LogP contribution is -2.53. The average molecular weight is 308 g/mol. The van der Waals surface area contributed by atoms with Crippen molar-refractivity contribution in [3.8, 4) is 0 Å². The maximum Gasteiger partial charge on any atom is 0.410 e. The maximum atomic E-state index is 12.9. The third-order valence-electron chi connectivity index (χ3n) is 3.88. The van der Waals surface area contributed by atoms with Gasteiger partial charge in [0.15, 0.2) is 0 Å². The maximum absolute atomic E-state index is 12.9. The number of nitrogens with two attached hydrogens (primary N) is 1. The second-order valence-electron chi connectivity index (χ2n) is 7.13. The largest absolute Gasteiger partial charge is 0.444 e. The van der Waals surface area contributed by atoms with Gasteiger partial charge in [-0.3, -0.25) is 0 Å². The summed E-state index contributed by atoms with van der Waals surface area (Å²) < 4.78 is 18.3. The highest BCUT2D eigenvalue weighted by atomic mass is 19.1. The van der Waals surface area contributed by atoms with Crippen LogP contribution in [0.4, 0.5) is 9.18 Å². The van der Waals surface area contributed by atoms with Crippen LogP contribution in [0, 0.1) is 5.82 Å². The first-order chi connectivity index (χ1) is 10.2. The number of amides is 1. The van der Waals surface area contributed by atoms with E-state index in [1.165, 1.54) is 12.1 Å². The van der Waals surface area contributed by atoms with Crippen molar-refractivity contribution >= 4 is 6.09 Å². The molecule has 5 heteroatoms. The molecule has 0 radical (unpaired) electrons. The van der Waals surface area contributed by atoms with Gasteiger partial charge in [0.2, 0.25) is 0 Å². The summed E-state index contributed by atoms with van der Waals surface area (Å²) in [7, 11) is 0. The Bertz CT molecular complexity index is 514. The molecule has 0 atom stereocenters. The molecule has 1 aliphatic heterocycles. The fraction of sp³-hybridized carbons (Fsp3) is 0.588. The molecule has 0 spiro atoms. The van der Waals surface area contributed by atoms with Gasteiger partial charge in [-0.15, -0.1) is 0 Å². The molecule has 2 N–H and O–H groups in total. The SMILES string of the molecule is CC(C)(C)OC(=O)N1CCC(N)(Cc2ccc(F)cc2)CC1. The van der Waals surface area contributed by atoms with E-state index >= 15 is 0 Å². The van der Waals surface area contributed by atoms with E-state index in [0.29, 0.717) is 32.4 Å². The lowest BCUT2D eigenvalue weighted by atomic mass is 9.83. The first-order valence-electron chi connectivity index (χ1n) is 7.68. The Kier molecular flexibility index (Phi) is 4.75. The highest BCUT2D eigenvalue weighted by Crippen LogP contribution is 2.25. The average Bonchev–Trinajstić information content (AvgIpc) is 2.40. The number of hydrogen-bond donors (Lipinski definition) is 1. The molecule has 22 heavy (non-hydrogen) atoms. The minimum atomic E-state index is -0.484. The topological polar surface area (TPSA) is 55.6 Å². The number of nitrogens with zero attached hydrogens (tertiary/aromatic N) is 1. The number of ether oxygens (including phenoxy) is 1. The molecule has 0 unspecified atom stereocenters. The van der Waals surface area contributed by atoms with Gasteiger partial charge in [-0.2, -0.15) is 0 Å². The van der Waals surface area contributed by atoms with Crippen LogP contribution < -0.4 is 5.73 Å². The number of rotatable bonds is 2. The number of hydrogen-bond acceptors (Lipinski definition) is 3. The molecule has 4 nitrogen and oxygen atoms in total. The number of carbonyl (C=O) groups excluding carboxylic acids is 1. The molecule has 2 rings (SSSR count). The van der Waals surface area contributed by atoms with Crippen molar-refractivity contribution in [1.82, 2.24) is 4.90 Å². The molecule has 1 aromatic carbocycles. The molecule has 1 amide bonds. The molecule has 0 aromatic heterocycles. The van der Waals surface area contributed by atoms with Crippen molar-refractivity contribution in [3.63, 3.8) is 0 Å². The minimum absolute atomic E-state index is 0.241. The smallest absolute Gasteiger partial charge is 0.410 e. The number of piperidine rings is 1. The summed E-state index contributed by atoms with van der Waals surface area (Å²) in [4.78, 5) is 13.8. The standard InChI is InChI=1S/C17H25FN2O2/c1-16(2,3)22-15(21)20-10-8-17(19,9-11-20)12-13-4-6-14(18)7-5-13/h4-7H,8-12,19H2,1-3H3. The predicted molar refractivity (Wildman–Crippen MR) is 84.1 cm³/mol. The Morgan fingerprint density at radius 2 is 1.82 bits per heavy atom. The Morgan fingerprint density at radius 1 is 1.27 bits per heavy atom. The lowest BCUT2D eigenvalue weighted by Gasteiger charge is -2.39. The van der Waals surface area contributed by atoms with E-state index in [4.69, 9.17) is 10.5 Å². The van der Waals surface area contributed by atoms with Crippen LogP contribution in [-0.2, 0) is 11.2 Å². The first kappa shape index (κ1) is 16.7. The van der Waals surface area contributed by atoms with Gasteiger partial charge in [-0.05, 0) is 57.7 Å². The minimum Gasteiger partial charge on any atom is -0.444 e. The molecular weight excluding hydrogens is 283 g/mol. The zero-order valence-electron chi connectivity index (χ0n) is 13.6. The monoisotopic (exact) mass is 308 g/mol. The number of likely N-dealkylation sites (tertiary alicyclic amines) is 1. The van der Waals surface area contributed by atoms with E-state index in [1.54, 1.807) is 17.0 Å². The van der Waals surface area contributed by atoms with Crippen molar-refractivity contribution in [1.29, 1.82) is 0 Å². The molecule has 0 saturated carbocycles. The normalized spacial score (nSPS) is 18.1. The fourth-order valence-electron chi connectivity index (χ4n) is 2.65. The van der Waals surface area contributed by atoms with Crippen molar-refractivity contribution < 1.29 is 13.9 Å². The summed E-state index contributed by atoms with van der Waals surface area (Å²) in [6.07, 6.45) is 1.83. The lowest BCUT2D eigenvalue weighted by molar-refractivity contribution is 0.0169. The molecule has 0 aliphatic carbocycles. The van der Waals surface area contributed by atoms with E-state index in [2.05, 4.69) is 0 Å². The summed E-state index contributed by atoms with van der Waals surface area (Å²) in [6.45, 7) is 6.75. The molecule has 1 heterocycles. The van der Waals surface area contributed by atoms with Gasteiger partial charge < -0.3 is 15.4 Å². The summed E-state index contributed by atoms with van der Waals surface area (Å²) >= 11 is 0. The van der Waals surface area contributed by atoms with Gasteiger partial charge in [0.05, 0.1) is 0 Å². The summed E-state index contributed by atoms with van der Waals surface area (Å²) in [5, 5.41) is 0. The predicted octanol–water partition coefficient (Wildman–Crippen LogP) is 3.10. The van der Waals surface area contributed by atoms with E-state index in [1.807, 2.05) is 20.8 Å². The van der Waals surface area contributed by atoms with Crippen LogP contribution in [0.5, 0.6) is 0 Å². The van der Waals surface area contributed by atoms with E-state index in [9.17, 15) is 9.18 Å². The molecule has 1 saturated heterocycles. The third-order valence-corrected chi connectivity index (χ3v) is 3.88. The van der Waals surface area contributed by atoms with E-state index in [-0.39, 0.29) is 17.4 Å². The summed E-state index contributed by atoms with van der Waals surface area (Å²) in [5.74, 6) is -0.241. The van der Waals surface area contributed by atoms with Gasteiger partial charge in [0.1, 0.15) is 11.4 Å². The van der Waals surface area contributed by atoms with Crippen LogP contribution in [0.15, 0.2) is 24.3 Å². The Labute approximate surface area is 131 Å². The fourth-order valence-corrected chi connectivity index (χ4v) is 2.65. The van der Waals surface area contributed by atoms with Crippen LogP contribution in [0.3, 0.4) is 0 Å². The molecule has 1 aliphatic rings. The van der Waals surface area contributed by atoms with Gasteiger partial charge in [-0.25, -0.2) is 9.18 Å². The van der Waals surface area contributed by atoms with E-state index < -0.39 is 5.60 Å². The number of halogens is 1. The van der Waals surface area contributed by atoms with E-state index in [0.717, 1.165) is 5.56 Å². The zero-order valence-corrected chi connectivity index (χ0v) is 13.6. The van der Waals surface area contributed by atoms with Crippen LogP contribution in [0.2, 0.25) is 0 Å². The van der Waals surface area contributed by atoms with Crippen molar-refractivity contribution in [2.75, 3.05) is 13.1 Å². The van der Waals surface area contributed by atoms with Gasteiger partial charge in [-0.1, -0.05) is 12.1 Å². The Hall–Kier alpha value is -1.62. The van der Waals surface area contributed by atoms with Crippen LogP contribution >= 0.6 is 0 Å². The van der Waals surface area contributed by atoms with Gasteiger partial charge in [0, 0.05) is 18.6 Å². The first-order valence-corrected chi connectivity index (χ1v) is 7.68. The highest BCUT2D eigenvalue weighted by Gasteiger charge is 2.34. The highest BCUT2D eigenvalue weighted by molar-refractivity contribution is 5.68. The molecule has 1 fully saturated rings. The zero-order chi connectivity index (χ0) is 16.4. The van der Waals surface area contributed by atoms with Crippen molar-refractivity contribution in [2.24, 2.45) is 5.73 Å². The van der Waals surface area contributed by atoms with Crippen LogP contribution in [0.1, 0.15) is 39.2 Å². The van der Waals surface area contributed by atoms with Crippen molar-refractivity contribution in [2.45, 2.75) is 51.2 Å². The Morgan fingerprint density at radius 3 is 2.32 bits per heavy atom. The van der Waals surface area contributed by atoms with Crippen molar-refractivity contribution in [3.05, 3.63) is 35.6 Å². The van der Waals surface area contributed by atoms with Gasteiger partial charge in [0.25, 0.3) is 0 Å². The molecule has 122 valence electrons. The quantitative estimate of drug-likeness (QED) is 0.913. The summed E-state index contributed by atoms with van der Waals surface area (Å²) in [5.41, 5.74) is 6.63. The van der Waals surface area contributed by atoms with Gasteiger partial charge >= 0.3 is 6.09 Å². The Balaban J connectivity index is 1.90. The molecular formula is C17H25FN2O2. The number of benzene rings is 1. The molecule has 1 aromatic rings. The summed E-state index contributed by atoms with van der Waals surface area (Å²) in [6, 6.07) is 6.44. The second kappa shape index (κ2) is 6.24. The molecule has 0 bridgehead atoms. The third kappa shape index (κ3) is 4.70. The second-order valence-corrected chi connectivity index (χ2v) is 7.13. The van der Waals surface area contributed by atoms with Crippen LogP contribution in [0.25, 0.3) is 0 Å². The van der Waals surface area contributed by atoms with Crippen LogP contribution in [-0.4, -0.2) is 35.2 Å².